The number of furan rings is 1. The van der Waals surface area contributed by atoms with Gasteiger partial charge in [0.1, 0.15) is 11.2 Å². The predicted octanol–water partition coefficient (Wildman–Crippen LogP) is 13.8. The van der Waals surface area contributed by atoms with Crippen molar-refractivity contribution in [2.75, 3.05) is 4.90 Å². The van der Waals surface area contributed by atoms with Crippen LogP contribution in [-0.4, -0.2) is 0 Å². The molecule has 1 aromatic heterocycles. The van der Waals surface area contributed by atoms with Gasteiger partial charge in [-0.2, -0.15) is 0 Å². The zero-order valence-electron chi connectivity index (χ0n) is 27.3. The fraction of sp³-hybridized carbons (Fsp3) is 0. The summed E-state index contributed by atoms with van der Waals surface area (Å²) in [6.07, 6.45) is 0. The van der Waals surface area contributed by atoms with Gasteiger partial charge in [-0.1, -0.05) is 146 Å². The number of fused-ring (bicyclic) bond motifs is 8. The smallest absolute Gasteiger partial charge is 0.137 e. The number of hydrogen-bond donors (Lipinski definition) is 0. The third-order valence-electron chi connectivity index (χ3n) is 10.1. The van der Waals surface area contributed by atoms with Gasteiger partial charge in [-0.15, -0.1) is 0 Å². The fourth-order valence-electron chi connectivity index (χ4n) is 7.72. The summed E-state index contributed by atoms with van der Waals surface area (Å²) in [5, 5.41) is 9.88. The molecule has 1 heterocycles. The van der Waals surface area contributed by atoms with Gasteiger partial charge < -0.3 is 9.32 Å². The molecule has 0 spiro atoms. The Morgan fingerprint density at radius 2 is 0.960 bits per heavy atom. The van der Waals surface area contributed by atoms with Crippen molar-refractivity contribution in [3.63, 3.8) is 0 Å². The van der Waals surface area contributed by atoms with Crippen LogP contribution in [0.5, 0.6) is 0 Å². The van der Waals surface area contributed by atoms with Crippen LogP contribution in [0.25, 0.3) is 76.5 Å². The van der Waals surface area contributed by atoms with E-state index in [1.807, 2.05) is 12.1 Å². The molecule has 0 atom stereocenters. The summed E-state index contributed by atoms with van der Waals surface area (Å²) in [7, 11) is 0. The molecule has 0 amide bonds. The van der Waals surface area contributed by atoms with E-state index in [0.717, 1.165) is 44.6 Å². The van der Waals surface area contributed by atoms with Crippen molar-refractivity contribution in [3.05, 3.63) is 188 Å². The van der Waals surface area contributed by atoms with Gasteiger partial charge in [0.2, 0.25) is 0 Å². The lowest BCUT2D eigenvalue weighted by atomic mass is 9.91. The second-order valence-electron chi connectivity index (χ2n) is 12.9. The molecule has 10 rings (SSSR count). The highest BCUT2D eigenvalue weighted by Gasteiger charge is 2.19. The molecule has 0 unspecified atom stereocenters. The molecule has 0 saturated carbocycles. The average Bonchev–Trinajstić information content (AvgIpc) is 3.56. The Kier molecular flexibility index (Phi) is 6.53. The standard InChI is InChI=1S/C48H31NO/c1-2-11-32(12-3-1)39-16-6-8-19-45(39)49(37-27-30-43-42-17-7-9-20-46(42)50-47(43)31-37)36-25-21-34(22-26-36)40-18-10-14-35-24-28-41-38-15-5-4-13-33(38)23-29-44(41)48(35)40/h1-31H. The van der Waals surface area contributed by atoms with E-state index in [9.17, 15) is 0 Å². The van der Waals surface area contributed by atoms with Crippen molar-refractivity contribution in [1.82, 2.24) is 0 Å². The van der Waals surface area contributed by atoms with Crippen molar-refractivity contribution in [2.24, 2.45) is 0 Å². The number of nitrogens with zero attached hydrogens (tertiary/aromatic N) is 1. The maximum atomic E-state index is 6.38. The summed E-state index contributed by atoms with van der Waals surface area (Å²) in [6, 6.07) is 67.5. The van der Waals surface area contributed by atoms with Gasteiger partial charge in [0.15, 0.2) is 0 Å². The van der Waals surface area contributed by atoms with Crippen LogP contribution in [0.15, 0.2) is 192 Å². The molecule has 0 aliphatic heterocycles. The number of hydrogen-bond acceptors (Lipinski definition) is 2. The molecule has 0 aliphatic carbocycles. The molecule has 0 radical (unpaired) electrons. The predicted molar refractivity (Wildman–Crippen MR) is 212 cm³/mol. The SMILES string of the molecule is c1ccc(-c2ccccc2N(c2ccc(-c3cccc4ccc5c6ccccc6ccc5c34)cc2)c2ccc3c(c2)oc2ccccc23)cc1. The lowest BCUT2D eigenvalue weighted by Gasteiger charge is -2.28. The fourth-order valence-corrected chi connectivity index (χ4v) is 7.72. The number of anilines is 3. The van der Waals surface area contributed by atoms with E-state index in [2.05, 4.69) is 181 Å². The first-order valence-corrected chi connectivity index (χ1v) is 17.1. The van der Waals surface area contributed by atoms with Crippen LogP contribution < -0.4 is 4.90 Å². The molecule has 2 heteroatoms. The van der Waals surface area contributed by atoms with Gasteiger partial charge in [0.05, 0.1) is 5.69 Å². The van der Waals surface area contributed by atoms with Crippen molar-refractivity contribution in [2.45, 2.75) is 0 Å². The van der Waals surface area contributed by atoms with Crippen molar-refractivity contribution >= 4 is 71.3 Å². The zero-order chi connectivity index (χ0) is 33.0. The Balaban J connectivity index is 1.15. The van der Waals surface area contributed by atoms with Gasteiger partial charge in [-0.25, -0.2) is 0 Å². The van der Waals surface area contributed by atoms with Crippen LogP contribution in [0.3, 0.4) is 0 Å². The van der Waals surface area contributed by atoms with E-state index in [1.54, 1.807) is 0 Å². The van der Waals surface area contributed by atoms with Crippen LogP contribution in [0.1, 0.15) is 0 Å². The second-order valence-corrected chi connectivity index (χ2v) is 12.9. The Morgan fingerprint density at radius 3 is 1.86 bits per heavy atom. The van der Waals surface area contributed by atoms with Crippen LogP contribution in [0, 0.1) is 0 Å². The van der Waals surface area contributed by atoms with Gasteiger partial charge >= 0.3 is 0 Å². The molecule has 2 nitrogen and oxygen atoms in total. The molecular formula is C48H31NO. The summed E-state index contributed by atoms with van der Waals surface area (Å²) < 4.78 is 6.38. The third kappa shape index (κ3) is 4.57. The summed E-state index contributed by atoms with van der Waals surface area (Å²) in [5.74, 6) is 0. The van der Waals surface area contributed by atoms with Crippen LogP contribution in [0.2, 0.25) is 0 Å². The van der Waals surface area contributed by atoms with Gasteiger partial charge in [-0.05, 0) is 85.4 Å². The first-order chi connectivity index (χ1) is 24.8. The summed E-state index contributed by atoms with van der Waals surface area (Å²) >= 11 is 0. The molecule has 0 aliphatic rings. The molecule has 9 aromatic carbocycles. The van der Waals surface area contributed by atoms with Crippen LogP contribution in [-0.2, 0) is 0 Å². The lowest BCUT2D eigenvalue weighted by molar-refractivity contribution is 0.669. The normalized spacial score (nSPS) is 11.6. The van der Waals surface area contributed by atoms with Crippen molar-refractivity contribution in [3.8, 4) is 22.3 Å². The number of benzene rings is 9. The quantitative estimate of drug-likeness (QED) is 0.175. The molecule has 234 valence electrons. The summed E-state index contributed by atoms with van der Waals surface area (Å²) in [4.78, 5) is 2.35. The molecule has 0 bridgehead atoms. The lowest BCUT2D eigenvalue weighted by Crippen LogP contribution is -2.11. The molecular weight excluding hydrogens is 607 g/mol. The monoisotopic (exact) mass is 637 g/mol. The Morgan fingerprint density at radius 1 is 0.340 bits per heavy atom. The summed E-state index contributed by atoms with van der Waals surface area (Å²) in [5.41, 5.74) is 9.73. The average molecular weight is 638 g/mol. The maximum absolute atomic E-state index is 6.38. The Labute approximate surface area is 290 Å². The highest BCUT2D eigenvalue weighted by molar-refractivity contribution is 6.21. The van der Waals surface area contributed by atoms with Crippen molar-refractivity contribution in [1.29, 1.82) is 0 Å². The van der Waals surface area contributed by atoms with Gasteiger partial charge in [0.25, 0.3) is 0 Å². The molecule has 50 heavy (non-hydrogen) atoms. The first kappa shape index (κ1) is 28.4. The molecule has 0 saturated heterocycles. The van der Waals surface area contributed by atoms with E-state index >= 15 is 0 Å². The molecule has 0 fully saturated rings. The van der Waals surface area contributed by atoms with E-state index in [1.165, 1.54) is 49.0 Å². The van der Waals surface area contributed by atoms with Crippen LogP contribution in [0.4, 0.5) is 17.1 Å². The minimum absolute atomic E-state index is 0.873. The minimum atomic E-state index is 0.873. The molecule has 10 aromatic rings. The zero-order valence-corrected chi connectivity index (χ0v) is 27.3. The minimum Gasteiger partial charge on any atom is -0.456 e. The number of para-hydroxylation sites is 2. The largest absolute Gasteiger partial charge is 0.456 e. The van der Waals surface area contributed by atoms with Gasteiger partial charge in [0, 0.05) is 33.8 Å². The van der Waals surface area contributed by atoms with E-state index in [0.29, 0.717) is 0 Å². The second kappa shape index (κ2) is 11.5. The van der Waals surface area contributed by atoms with Crippen molar-refractivity contribution < 1.29 is 4.42 Å². The van der Waals surface area contributed by atoms with E-state index < -0.39 is 0 Å². The van der Waals surface area contributed by atoms with Gasteiger partial charge in [-0.3, -0.25) is 0 Å². The summed E-state index contributed by atoms with van der Waals surface area (Å²) in [6.45, 7) is 0. The Bertz CT molecular complexity index is 2870. The first-order valence-electron chi connectivity index (χ1n) is 17.1. The third-order valence-corrected chi connectivity index (χ3v) is 10.1. The van der Waals surface area contributed by atoms with E-state index in [-0.39, 0.29) is 0 Å². The number of rotatable bonds is 5. The highest BCUT2D eigenvalue weighted by atomic mass is 16.3. The van der Waals surface area contributed by atoms with E-state index in [4.69, 9.17) is 4.42 Å². The topological polar surface area (TPSA) is 16.4 Å². The molecule has 0 N–H and O–H groups in total. The van der Waals surface area contributed by atoms with Crippen LogP contribution >= 0.6 is 0 Å². The highest BCUT2D eigenvalue weighted by Crippen LogP contribution is 2.44. The maximum Gasteiger partial charge on any atom is 0.137 e. The Hall–Kier alpha value is -6.64.